The minimum Gasteiger partial charge on any atom is -0.440 e. The van der Waals surface area contributed by atoms with Gasteiger partial charge in [-0.1, -0.05) is 153 Å². The largest absolute Gasteiger partial charge is 0.440 e. The van der Waals surface area contributed by atoms with Crippen LogP contribution < -0.4 is 30.9 Å². The fourth-order valence-corrected chi connectivity index (χ4v) is 16.0. The van der Waals surface area contributed by atoms with E-state index >= 15 is 0 Å². The molecule has 0 saturated carbocycles. The molecule has 0 spiro atoms. The van der Waals surface area contributed by atoms with Crippen LogP contribution in [0.5, 0.6) is 11.6 Å². The third-order valence-corrected chi connectivity index (χ3v) is 17.9. The van der Waals surface area contributed by atoms with Gasteiger partial charge in [0.2, 0.25) is 11.8 Å². The number of nitrogens with zero attached hydrogens (tertiary/aromatic N) is 4. The van der Waals surface area contributed by atoms with Crippen LogP contribution in [-0.2, 0) is 43.3 Å². The number of para-hydroxylation sites is 1. The van der Waals surface area contributed by atoms with E-state index < -0.39 is 0 Å². The Balaban J connectivity index is 1.17. The summed E-state index contributed by atoms with van der Waals surface area (Å²) in [6, 6.07) is 35.4. The Kier molecular flexibility index (Phi) is 8.57. The van der Waals surface area contributed by atoms with Crippen molar-refractivity contribution in [2.45, 2.75) is 180 Å². The third kappa shape index (κ3) is 6.06. The van der Waals surface area contributed by atoms with Crippen molar-refractivity contribution in [1.29, 1.82) is 0 Å². The molecule has 6 aromatic rings. The van der Waals surface area contributed by atoms with Crippen molar-refractivity contribution < 1.29 is 4.74 Å². The van der Waals surface area contributed by atoms with Crippen LogP contribution in [0.2, 0.25) is 0 Å². The van der Waals surface area contributed by atoms with Crippen molar-refractivity contribution in [2.24, 2.45) is 0 Å². The Hall–Kier alpha value is -5.36. The number of aromatic nitrogens is 2. The molecular weight excluding hydrogens is 828 g/mol. The van der Waals surface area contributed by atoms with Gasteiger partial charge < -0.3 is 4.74 Å². The Bertz CT molecular complexity index is 3120. The Labute approximate surface area is 407 Å². The Morgan fingerprint density at radius 3 is 1.43 bits per heavy atom. The van der Waals surface area contributed by atoms with Gasteiger partial charge in [-0.3, -0.25) is 9.80 Å². The number of hydrogen-bond donors (Lipinski definition) is 0. The summed E-state index contributed by atoms with van der Waals surface area (Å²) in [6.07, 6.45) is 4.38. The molecule has 0 bridgehead atoms. The van der Waals surface area contributed by atoms with Crippen LogP contribution in [0.25, 0.3) is 0 Å². The molecule has 68 heavy (non-hydrogen) atoms. The maximum atomic E-state index is 7.15. The molecule has 4 aliphatic carbocycles. The number of hydrogen-bond acceptors (Lipinski definition) is 5. The smallest absolute Gasteiger partial charge is 0.260 e. The van der Waals surface area contributed by atoms with E-state index in [0.717, 1.165) is 65.2 Å². The summed E-state index contributed by atoms with van der Waals surface area (Å²) in [4.78, 5) is 16.5. The Morgan fingerprint density at radius 2 is 0.897 bits per heavy atom. The maximum absolute atomic E-state index is 7.15. The van der Waals surface area contributed by atoms with Crippen molar-refractivity contribution in [1.82, 2.24) is 9.97 Å². The van der Waals surface area contributed by atoms with Crippen LogP contribution in [0.1, 0.15) is 181 Å². The molecule has 1 aromatic heterocycles. The maximum Gasteiger partial charge on any atom is 0.260 e. The molecule has 2 aliphatic heterocycles. The summed E-state index contributed by atoms with van der Waals surface area (Å²) in [6.45, 7) is 38.5. The van der Waals surface area contributed by atoms with Gasteiger partial charge in [0.05, 0.1) is 0 Å². The normalized spacial score (nSPS) is 22.0. The van der Waals surface area contributed by atoms with Gasteiger partial charge in [0.25, 0.3) is 6.71 Å². The number of fused-ring (bicyclic) bond motifs is 8. The molecule has 0 atom stereocenters. The Morgan fingerprint density at radius 1 is 0.456 bits per heavy atom. The average molecular weight is 899 g/mol. The molecule has 5 aromatic carbocycles. The van der Waals surface area contributed by atoms with Crippen LogP contribution in [0.3, 0.4) is 0 Å². The standard InChI is InChI=1S/C62H71BN4O/c1-55(2)32-58(7,8)42-27-36(21-24-39(42)55)66(37-22-25-40-43(28-37)59(9,10)33-56(40,3)4)54-64-52-51-53(65-54)68-50-20-18-17-19-47(50)63(51)48-30-45-46(62(15,16)35-61(45,13)14)31-49(48)67(52)38-23-26-41-44(29-38)60(11,12)34-57(41,5)6/h17-31H,32-35H2,1-16H3. The van der Waals surface area contributed by atoms with Crippen LogP contribution in [0, 0.1) is 0 Å². The van der Waals surface area contributed by atoms with E-state index in [0.29, 0.717) is 11.8 Å². The van der Waals surface area contributed by atoms with E-state index in [2.05, 4.69) is 212 Å². The quantitative estimate of drug-likeness (QED) is 0.165. The van der Waals surface area contributed by atoms with Crippen LogP contribution in [0.4, 0.5) is 34.5 Å². The zero-order chi connectivity index (χ0) is 48.3. The van der Waals surface area contributed by atoms with E-state index in [-0.39, 0.29) is 50.0 Å². The minimum atomic E-state index is -0.112. The van der Waals surface area contributed by atoms with Gasteiger partial charge >= 0.3 is 0 Å². The van der Waals surface area contributed by atoms with E-state index in [1.165, 1.54) is 55.7 Å². The average Bonchev–Trinajstić information content (AvgIpc) is 3.72. The molecule has 0 saturated heterocycles. The van der Waals surface area contributed by atoms with Gasteiger partial charge in [0.1, 0.15) is 11.6 Å². The highest BCUT2D eigenvalue weighted by atomic mass is 16.5. The van der Waals surface area contributed by atoms with Crippen LogP contribution in [-0.4, -0.2) is 16.7 Å². The molecule has 6 heteroatoms. The third-order valence-electron chi connectivity index (χ3n) is 17.9. The van der Waals surface area contributed by atoms with E-state index in [9.17, 15) is 0 Å². The summed E-state index contributed by atoms with van der Waals surface area (Å²) in [5.41, 5.74) is 19.6. The zero-order valence-electron chi connectivity index (χ0n) is 43.8. The molecule has 0 unspecified atom stereocenters. The monoisotopic (exact) mass is 899 g/mol. The van der Waals surface area contributed by atoms with Gasteiger partial charge in [-0.05, 0) is 173 Å². The fraction of sp³-hybridized carbons (Fsp3) is 0.452. The molecule has 12 rings (SSSR count). The number of anilines is 6. The first kappa shape index (κ1) is 43.9. The van der Waals surface area contributed by atoms with Gasteiger partial charge in [0.15, 0.2) is 0 Å². The van der Waals surface area contributed by atoms with Crippen molar-refractivity contribution in [3.63, 3.8) is 0 Å². The summed E-state index contributed by atoms with van der Waals surface area (Å²) >= 11 is 0. The highest BCUT2D eigenvalue weighted by Crippen LogP contribution is 2.57. The summed E-state index contributed by atoms with van der Waals surface area (Å²) < 4.78 is 7.15. The molecule has 0 N–H and O–H groups in total. The fourth-order valence-electron chi connectivity index (χ4n) is 16.0. The van der Waals surface area contributed by atoms with Gasteiger partial charge in [-0.25, -0.2) is 0 Å². The second-order valence-electron chi connectivity index (χ2n) is 27.2. The van der Waals surface area contributed by atoms with Crippen molar-refractivity contribution in [3.05, 3.63) is 136 Å². The first-order valence-corrected chi connectivity index (χ1v) is 25.5. The van der Waals surface area contributed by atoms with Crippen LogP contribution in [0.15, 0.2) is 91.0 Å². The van der Waals surface area contributed by atoms with E-state index in [1.54, 1.807) is 0 Å². The lowest BCUT2D eigenvalue weighted by Gasteiger charge is -2.40. The van der Waals surface area contributed by atoms with Crippen molar-refractivity contribution in [3.8, 4) is 11.6 Å². The van der Waals surface area contributed by atoms with E-state index in [1.807, 2.05) is 0 Å². The second kappa shape index (κ2) is 13.3. The summed E-state index contributed by atoms with van der Waals surface area (Å²) in [5.74, 6) is 2.98. The molecule has 0 fully saturated rings. The predicted molar refractivity (Wildman–Crippen MR) is 285 cm³/mol. The zero-order valence-corrected chi connectivity index (χ0v) is 43.8. The molecule has 6 aliphatic rings. The minimum absolute atomic E-state index is 0.00194. The topological polar surface area (TPSA) is 41.5 Å². The van der Waals surface area contributed by atoms with Gasteiger partial charge in [0, 0.05) is 28.2 Å². The second-order valence-corrected chi connectivity index (χ2v) is 27.2. The number of ether oxygens (including phenoxy) is 1. The summed E-state index contributed by atoms with van der Waals surface area (Å²) in [5, 5.41) is 0. The SMILES string of the molecule is CC1(C)CC(C)(C)c2cc(N(c3ccc4c(c3)C(C)(C)CC4(C)C)c3nc4c5c(n3)N(c3ccc6c(c3)C(C)(C)CC6(C)C)c3cc6c(cc3B5c3ccccc3O4)C(C)(C)CC6(C)C)ccc21. The highest BCUT2D eigenvalue weighted by Gasteiger charge is 2.50. The first-order chi connectivity index (χ1) is 31.6. The highest BCUT2D eigenvalue weighted by molar-refractivity contribution is 6.99. The van der Waals surface area contributed by atoms with E-state index in [4.69, 9.17) is 14.7 Å². The molecule has 348 valence electrons. The molecular formula is C62H71BN4O. The summed E-state index contributed by atoms with van der Waals surface area (Å²) in [7, 11) is 0. The molecule has 5 nitrogen and oxygen atoms in total. The lowest BCUT2D eigenvalue weighted by Crippen LogP contribution is -2.60. The molecule has 0 amide bonds. The molecule has 3 heterocycles. The lowest BCUT2D eigenvalue weighted by molar-refractivity contribution is 0.402. The number of rotatable bonds is 4. The van der Waals surface area contributed by atoms with Gasteiger partial charge in [-0.2, -0.15) is 9.97 Å². The van der Waals surface area contributed by atoms with Crippen molar-refractivity contribution in [2.75, 3.05) is 9.80 Å². The first-order valence-electron chi connectivity index (χ1n) is 25.5. The van der Waals surface area contributed by atoms with Crippen LogP contribution >= 0.6 is 0 Å². The number of benzene rings is 5. The van der Waals surface area contributed by atoms with Gasteiger partial charge in [-0.15, -0.1) is 0 Å². The molecule has 0 radical (unpaired) electrons. The van der Waals surface area contributed by atoms with Crippen molar-refractivity contribution >= 4 is 57.6 Å². The lowest BCUT2D eigenvalue weighted by atomic mass is 9.34. The predicted octanol–water partition coefficient (Wildman–Crippen LogP) is 14.2.